The van der Waals surface area contributed by atoms with Crippen molar-refractivity contribution in [1.82, 2.24) is 0 Å². The normalized spacial score (nSPS) is 15.7. The van der Waals surface area contributed by atoms with Crippen molar-refractivity contribution in [3.63, 3.8) is 0 Å². The quantitative estimate of drug-likeness (QED) is 0.398. The third-order valence-electron chi connectivity index (χ3n) is 3.95. The fourth-order valence-electron chi connectivity index (χ4n) is 2.15. The van der Waals surface area contributed by atoms with E-state index >= 15 is 0 Å². The maximum atomic E-state index is 5.90. The van der Waals surface area contributed by atoms with Gasteiger partial charge in [0, 0.05) is 25.7 Å². The standard InChI is InChI=1S/C18H38O4/c1-6-16(13-19-9-4)11-12-21-18(8-3)22-15-17(7-2)14-20-10-5/h16-18H,6-15H2,1-5H3. The Morgan fingerprint density at radius 1 is 0.636 bits per heavy atom. The van der Waals surface area contributed by atoms with Crippen LogP contribution in [0.5, 0.6) is 0 Å². The Morgan fingerprint density at radius 3 is 1.73 bits per heavy atom. The van der Waals surface area contributed by atoms with Gasteiger partial charge in [0.25, 0.3) is 0 Å². The molecule has 0 aliphatic carbocycles. The van der Waals surface area contributed by atoms with Crippen molar-refractivity contribution in [2.45, 2.75) is 66.6 Å². The molecule has 22 heavy (non-hydrogen) atoms. The van der Waals surface area contributed by atoms with Gasteiger partial charge in [-0.2, -0.15) is 0 Å². The molecular weight excluding hydrogens is 280 g/mol. The Balaban J connectivity index is 3.89. The highest BCUT2D eigenvalue weighted by Crippen LogP contribution is 2.12. The first-order chi connectivity index (χ1) is 10.7. The van der Waals surface area contributed by atoms with Gasteiger partial charge in [0.2, 0.25) is 0 Å². The molecule has 0 saturated carbocycles. The summed E-state index contributed by atoms with van der Waals surface area (Å²) in [5.74, 6) is 1.04. The zero-order chi connectivity index (χ0) is 16.6. The molecule has 0 heterocycles. The highest BCUT2D eigenvalue weighted by molar-refractivity contribution is 4.57. The highest BCUT2D eigenvalue weighted by Gasteiger charge is 2.13. The van der Waals surface area contributed by atoms with Crippen LogP contribution in [0.15, 0.2) is 0 Å². The van der Waals surface area contributed by atoms with Crippen molar-refractivity contribution in [2.24, 2.45) is 11.8 Å². The molecule has 3 unspecified atom stereocenters. The van der Waals surface area contributed by atoms with Gasteiger partial charge in [-0.05, 0) is 39.0 Å². The predicted molar refractivity (Wildman–Crippen MR) is 91.1 cm³/mol. The second-order valence-electron chi connectivity index (χ2n) is 5.70. The molecule has 0 radical (unpaired) electrons. The van der Waals surface area contributed by atoms with Gasteiger partial charge >= 0.3 is 0 Å². The highest BCUT2D eigenvalue weighted by atomic mass is 16.7. The van der Waals surface area contributed by atoms with Gasteiger partial charge in [-0.15, -0.1) is 0 Å². The number of hydrogen-bond donors (Lipinski definition) is 0. The van der Waals surface area contributed by atoms with Gasteiger partial charge in [0.1, 0.15) is 0 Å². The molecule has 0 aromatic carbocycles. The zero-order valence-corrected chi connectivity index (χ0v) is 15.4. The van der Waals surface area contributed by atoms with E-state index < -0.39 is 0 Å². The Labute approximate surface area is 137 Å². The first-order valence-electron chi connectivity index (χ1n) is 9.10. The third kappa shape index (κ3) is 11.4. The van der Waals surface area contributed by atoms with Crippen molar-refractivity contribution in [3.05, 3.63) is 0 Å². The van der Waals surface area contributed by atoms with Crippen molar-refractivity contribution in [2.75, 3.05) is 39.6 Å². The van der Waals surface area contributed by atoms with Gasteiger partial charge in [0.05, 0.1) is 19.8 Å². The smallest absolute Gasteiger partial charge is 0.157 e. The maximum absolute atomic E-state index is 5.90. The summed E-state index contributed by atoms with van der Waals surface area (Å²) >= 11 is 0. The van der Waals surface area contributed by atoms with Crippen LogP contribution in [-0.4, -0.2) is 45.9 Å². The molecule has 0 bridgehead atoms. The molecule has 0 spiro atoms. The van der Waals surface area contributed by atoms with E-state index in [-0.39, 0.29) is 6.29 Å². The van der Waals surface area contributed by atoms with Crippen LogP contribution >= 0.6 is 0 Å². The molecule has 0 aromatic rings. The molecule has 4 heteroatoms. The molecule has 0 fully saturated rings. The summed E-state index contributed by atoms with van der Waals surface area (Å²) in [6.07, 6.45) is 4.02. The van der Waals surface area contributed by atoms with Crippen molar-refractivity contribution in [3.8, 4) is 0 Å². The zero-order valence-electron chi connectivity index (χ0n) is 15.4. The lowest BCUT2D eigenvalue weighted by atomic mass is 10.0. The molecule has 0 aliphatic heterocycles. The minimum atomic E-state index is -0.0970. The summed E-state index contributed by atoms with van der Waals surface area (Å²) < 4.78 is 22.8. The molecule has 0 aromatic heterocycles. The SMILES string of the molecule is CCOCC(CC)CCOC(CC)OCC(CC)COCC. The number of hydrogen-bond acceptors (Lipinski definition) is 4. The molecule has 134 valence electrons. The molecule has 0 amide bonds. The average Bonchev–Trinajstić information content (AvgIpc) is 2.55. The van der Waals surface area contributed by atoms with Gasteiger partial charge in [-0.3, -0.25) is 0 Å². The molecule has 0 rings (SSSR count). The van der Waals surface area contributed by atoms with E-state index in [9.17, 15) is 0 Å². The first kappa shape index (κ1) is 21.8. The summed E-state index contributed by atoms with van der Waals surface area (Å²) in [6.45, 7) is 15.2. The molecule has 0 aliphatic rings. The topological polar surface area (TPSA) is 36.9 Å². The second kappa shape index (κ2) is 15.7. The summed E-state index contributed by atoms with van der Waals surface area (Å²) in [6, 6.07) is 0. The van der Waals surface area contributed by atoms with E-state index in [4.69, 9.17) is 18.9 Å². The van der Waals surface area contributed by atoms with Crippen LogP contribution in [-0.2, 0) is 18.9 Å². The van der Waals surface area contributed by atoms with Gasteiger partial charge in [-0.1, -0.05) is 27.2 Å². The lowest BCUT2D eigenvalue weighted by Gasteiger charge is -2.22. The first-order valence-corrected chi connectivity index (χ1v) is 9.10. The second-order valence-corrected chi connectivity index (χ2v) is 5.70. The van der Waals surface area contributed by atoms with Crippen LogP contribution in [0.25, 0.3) is 0 Å². The minimum Gasteiger partial charge on any atom is -0.381 e. The van der Waals surface area contributed by atoms with Crippen LogP contribution in [0, 0.1) is 11.8 Å². The van der Waals surface area contributed by atoms with E-state index in [1.807, 2.05) is 13.8 Å². The van der Waals surface area contributed by atoms with Crippen LogP contribution in [0.3, 0.4) is 0 Å². The Hall–Kier alpha value is -0.160. The fraction of sp³-hybridized carbons (Fsp3) is 1.00. The summed E-state index contributed by atoms with van der Waals surface area (Å²) in [7, 11) is 0. The molecule has 4 nitrogen and oxygen atoms in total. The summed E-state index contributed by atoms with van der Waals surface area (Å²) in [4.78, 5) is 0. The molecular formula is C18H38O4. The fourth-order valence-corrected chi connectivity index (χ4v) is 2.15. The predicted octanol–water partition coefficient (Wildman–Crippen LogP) is 4.27. The van der Waals surface area contributed by atoms with Gasteiger partial charge in [-0.25, -0.2) is 0 Å². The number of rotatable bonds is 16. The molecule has 3 atom stereocenters. The Morgan fingerprint density at radius 2 is 1.23 bits per heavy atom. The largest absolute Gasteiger partial charge is 0.381 e. The van der Waals surface area contributed by atoms with Gasteiger partial charge in [0.15, 0.2) is 6.29 Å². The third-order valence-corrected chi connectivity index (χ3v) is 3.95. The van der Waals surface area contributed by atoms with Crippen LogP contribution in [0.1, 0.15) is 60.3 Å². The van der Waals surface area contributed by atoms with Crippen LogP contribution in [0.4, 0.5) is 0 Å². The Kier molecular flexibility index (Phi) is 15.6. The Bertz CT molecular complexity index is 223. The minimum absolute atomic E-state index is 0.0970. The van der Waals surface area contributed by atoms with Crippen molar-refractivity contribution >= 4 is 0 Å². The maximum Gasteiger partial charge on any atom is 0.157 e. The van der Waals surface area contributed by atoms with E-state index in [0.29, 0.717) is 18.4 Å². The van der Waals surface area contributed by atoms with E-state index in [0.717, 1.165) is 58.7 Å². The summed E-state index contributed by atoms with van der Waals surface area (Å²) in [5, 5.41) is 0. The van der Waals surface area contributed by atoms with E-state index in [1.54, 1.807) is 0 Å². The summed E-state index contributed by atoms with van der Waals surface area (Å²) in [5.41, 5.74) is 0. The molecule has 0 saturated heterocycles. The van der Waals surface area contributed by atoms with E-state index in [1.165, 1.54) is 0 Å². The van der Waals surface area contributed by atoms with Crippen molar-refractivity contribution in [1.29, 1.82) is 0 Å². The lowest BCUT2D eigenvalue weighted by Crippen LogP contribution is -2.24. The lowest BCUT2D eigenvalue weighted by molar-refractivity contribution is -0.157. The number of ether oxygens (including phenoxy) is 4. The molecule has 0 N–H and O–H groups in total. The van der Waals surface area contributed by atoms with Crippen molar-refractivity contribution < 1.29 is 18.9 Å². The van der Waals surface area contributed by atoms with Gasteiger partial charge < -0.3 is 18.9 Å². The average molecular weight is 318 g/mol. The monoisotopic (exact) mass is 318 g/mol. The van der Waals surface area contributed by atoms with E-state index in [2.05, 4.69) is 20.8 Å². The van der Waals surface area contributed by atoms with Crippen LogP contribution < -0.4 is 0 Å². The van der Waals surface area contributed by atoms with Crippen LogP contribution in [0.2, 0.25) is 0 Å².